The average molecular weight is 993 g/mol. The SMILES string of the molecule is C=C(OCCCCCOCCSSc1ccccn1)C(C)C(C)(C)CC(C[S-])c1ccc(C2OCC3O[C@H](O)CC(N)[C@@H]3O2)cc1.CC.CCC.CC[S-].CN=O.CO.[Y]. The maximum Gasteiger partial charge on any atom is 0.184 e. The molecule has 1 aromatic carbocycles. The summed E-state index contributed by atoms with van der Waals surface area (Å²) in [4.78, 5) is 12.9. The summed E-state index contributed by atoms with van der Waals surface area (Å²) in [5.41, 5.74) is 8.32. The first-order valence-electron chi connectivity index (χ1n) is 20.8. The number of benzene rings is 1. The smallest absolute Gasteiger partial charge is 0.184 e. The molecule has 2 fully saturated rings. The minimum absolute atomic E-state index is 0. The number of unbranched alkanes of at least 4 members (excludes halogenated alkanes) is 2. The zero-order chi connectivity index (χ0) is 45.1. The minimum Gasteiger partial charge on any atom is -0.793 e. The van der Waals surface area contributed by atoms with E-state index in [2.05, 4.69) is 76.1 Å². The van der Waals surface area contributed by atoms with Gasteiger partial charge in [0.1, 0.15) is 17.2 Å². The number of aromatic nitrogens is 1. The molecule has 4 N–H and O–H groups in total. The molecule has 0 spiro atoms. The number of fused-ring (bicyclic) bond motifs is 1. The number of aliphatic hydroxyl groups excluding tert-OH is 2. The Hall–Kier alpha value is -0.266. The van der Waals surface area contributed by atoms with Crippen molar-refractivity contribution >= 4 is 46.8 Å². The van der Waals surface area contributed by atoms with E-state index < -0.39 is 12.6 Å². The molecule has 5 unspecified atom stereocenters. The van der Waals surface area contributed by atoms with E-state index in [9.17, 15) is 5.11 Å². The number of aliphatic hydroxyl groups is 2. The first-order chi connectivity index (χ1) is 28.4. The van der Waals surface area contributed by atoms with Crippen LogP contribution in [0.1, 0.15) is 117 Å². The molecule has 345 valence electrons. The minimum atomic E-state index is -0.871. The van der Waals surface area contributed by atoms with Gasteiger partial charge in [-0.1, -0.05) is 115 Å². The third-order valence-corrected chi connectivity index (χ3v) is 11.5. The maximum absolute atomic E-state index is 9.84. The number of pyridine rings is 1. The van der Waals surface area contributed by atoms with E-state index in [1.165, 1.54) is 19.0 Å². The normalized spacial score (nSPS) is 19.9. The number of hydrogen-bond donors (Lipinski definition) is 3. The summed E-state index contributed by atoms with van der Waals surface area (Å²) >= 11 is 10.0. The van der Waals surface area contributed by atoms with Gasteiger partial charge < -0.3 is 64.9 Å². The van der Waals surface area contributed by atoms with E-state index in [1.807, 2.05) is 57.3 Å². The number of nitrogens with zero attached hydrogens (tertiary/aromatic N) is 2. The van der Waals surface area contributed by atoms with E-state index in [1.54, 1.807) is 21.6 Å². The summed E-state index contributed by atoms with van der Waals surface area (Å²) in [7, 11) is 5.65. The fourth-order valence-electron chi connectivity index (χ4n) is 5.79. The maximum atomic E-state index is 9.84. The Morgan fingerprint density at radius 3 is 2.22 bits per heavy atom. The van der Waals surface area contributed by atoms with Crippen LogP contribution in [0.25, 0.3) is 0 Å². The van der Waals surface area contributed by atoms with Gasteiger partial charge in [0.05, 0.1) is 32.6 Å². The molecular weight excluding hydrogens is 916 g/mol. The van der Waals surface area contributed by atoms with Crippen molar-refractivity contribution in [2.75, 3.05) is 57.8 Å². The predicted molar refractivity (Wildman–Crippen MR) is 253 cm³/mol. The summed E-state index contributed by atoms with van der Waals surface area (Å²) in [5, 5.41) is 20.1. The van der Waals surface area contributed by atoms with Crippen molar-refractivity contribution in [1.82, 2.24) is 4.98 Å². The van der Waals surface area contributed by atoms with E-state index in [-0.39, 0.29) is 68.2 Å². The van der Waals surface area contributed by atoms with Crippen LogP contribution in [0.4, 0.5) is 0 Å². The Morgan fingerprint density at radius 2 is 1.65 bits per heavy atom. The van der Waals surface area contributed by atoms with Gasteiger partial charge in [-0.15, -0.1) is 0 Å². The molecule has 4 rings (SSSR count). The third-order valence-electron chi connectivity index (χ3n) is 8.91. The van der Waals surface area contributed by atoms with Crippen LogP contribution >= 0.6 is 21.6 Å². The van der Waals surface area contributed by atoms with Crippen molar-refractivity contribution in [3.63, 3.8) is 0 Å². The summed E-state index contributed by atoms with van der Waals surface area (Å²) in [6, 6.07) is 14.0. The van der Waals surface area contributed by atoms with Crippen molar-refractivity contribution in [3.8, 4) is 0 Å². The van der Waals surface area contributed by atoms with E-state index in [4.69, 9.17) is 52.1 Å². The molecule has 2 aromatic rings. The molecule has 0 bridgehead atoms. The van der Waals surface area contributed by atoms with Gasteiger partial charge >= 0.3 is 0 Å². The van der Waals surface area contributed by atoms with Gasteiger partial charge in [0.2, 0.25) is 0 Å². The second-order valence-corrected chi connectivity index (χ2v) is 17.3. The van der Waals surface area contributed by atoms with E-state index in [0.29, 0.717) is 25.4 Å². The average Bonchev–Trinajstić information content (AvgIpc) is 3.24. The van der Waals surface area contributed by atoms with Crippen molar-refractivity contribution in [2.45, 2.75) is 136 Å². The summed E-state index contributed by atoms with van der Waals surface area (Å²) in [5.74, 6) is 3.64. The van der Waals surface area contributed by atoms with Crippen molar-refractivity contribution in [2.24, 2.45) is 22.2 Å². The molecule has 1 radical (unpaired) electrons. The fraction of sp³-hybridized carbons (Fsp3) is 0.705. The van der Waals surface area contributed by atoms with Crippen LogP contribution in [-0.2, 0) is 81.7 Å². The first kappa shape index (κ1) is 64.0. The van der Waals surface area contributed by atoms with Gasteiger partial charge in [-0.25, -0.2) is 4.98 Å². The Balaban J connectivity index is -0.00000207. The second-order valence-electron chi connectivity index (χ2n) is 14.0. The number of ether oxygens (including phenoxy) is 5. The zero-order valence-electron chi connectivity index (χ0n) is 38.1. The summed E-state index contributed by atoms with van der Waals surface area (Å²) < 4.78 is 29.5. The number of allylic oxidation sites excluding steroid dienone is 1. The Bertz CT molecular complexity index is 1280. The molecule has 2 aliphatic rings. The largest absolute Gasteiger partial charge is 0.793 e. The van der Waals surface area contributed by atoms with Gasteiger partial charge in [-0.2, -0.15) is 16.4 Å². The molecular formula is C44H77N3O8S4Y-2. The standard InChI is InChI=1S/C35H52N2O6S3.C3H8.C2H6S.C2H6.CH3NO.CH4O.Y/c1-24(25(2)40-17-9-5-8-16-39-18-19-45-46-31-10-6-7-15-37-31)35(3,4)21-28(23-44)26-11-13-27(14-12-26)34-41-22-30-33(43-34)29(36)20-32(38)42-30;1-3-2;1-2-3;1-2;1-2-3;1-2;/h6-7,10-15,24,28-30,32-34,38,44H,2,5,8-9,16-23,36H2,1,3-4H3;3H2,1-2H3;3H,2H2,1H3;1-2H3;1H3;2H,1H3;/p-2/t24?,28?,29?,30?,32-,33-,34?;;;;;;/m0....../s1. The molecule has 0 saturated carbocycles. The molecule has 2 aliphatic heterocycles. The summed E-state index contributed by atoms with van der Waals surface area (Å²) in [6.45, 7) is 23.8. The molecule has 3 heterocycles. The topological polar surface area (TPSA) is 155 Å². The molecule has 60 heavy (non-hydrogen) atoms. The first-order valence-corrected chi connectivity index (χ1v) is 24.3. The quantitative estimate of drug-likeness (QED) is 0.0402. The monoisotopic (exact) mass is 992 g/mol. The predicted octanol–water partition coefficient (Wildman–Crippen LogP) is 9.76. The van der Waals surface area contributed by atoms with Crippen LogP contribution < -0.4 is 5.73 Å². The zero-order valence-corrected chi connectivity index (χ0v) is 44.2. The van der Waals surface area contributed by atoms with Crippen LogP contribution in [0, 0.1) is 16.2 Å². The van der Waals surface area contributed by atoms with Gasteiger partial charge in [0.25, 0.3) is 0 Å². The van der Waals surface area contributed by atoms with Gasteiger partial charge in [-0.3, -0.25) is 0 Å². The Kier molecular flexibility index (Phi) is 44.2. The fourth-order valence-corrected chi connectivity index (χ4v) is 7.84. The van der Waals surface area contributed by atoms with E-state index in [0.717, 1.165) is 73.9 Å². The van der Waals surface area contributed by atoms with E-state index >= 15 is 0 Å². The van der Waals surface area contributed by atoms with Gasteiger partial charge in [0, 0.05) is 82.3 Å². The van der Waals surface area contributed by atoms with Crippen LogP contribution in [0.2, 0.25) is 0 Å². The van der Waals surface area contributed by atoms with Crippen LogP contribution in [0.5, 0.6) is 0 Å². The van der Waals surface area contributed by atoms with Gasteiger partial charge in [0.15, 0.2) is 12.6 Å². The van der Waals surface area contributed by atoms with Crippen molar-refractivity contribution in [1.29, 1.82) is 0 Å². The molecule has 1 aromatic heterocycles. The van der Waals surface area contributed by atoms with Crippen LogP contribution in [0.15, 0.2) is 71.2 Å². The molecule has 0 aliphatic carbocycles. The number of hydrogen-bond acceptors (Lipinski definition) is 15. The van der Waals surface area contributed by atoms with Crippen molar-refractivity contribution < 1.29 is 66.6 Å². The number of nitrogens with two attached hydrogens (primary N) is 1. The van der Waals surface area contributed by atoms with Crippen molar-refractivity contribution in [3.05, 3.63) is 77.0 Å². The molecule has 11 nitrogen and oxygen atoms in total. The van der Waals surface area contributed by atoms with Crippen LogP contribution in [-0.4, -0.2) is 97.6 Å². The van der Waals surface area contributed by atoms with Crippen LogP contribution in [0.3, 0.4) is 0 Å². The molecule has 16 heteroatoms. The number of rotatable bonds is 19. The molecule has 2 saturated heterocycles. The summed E-state index contributed by atoms with van der Waals surface area (Å²) in [6.07, 6.45) is 5.36. The number of nitroso groups, excluding NO2 is 1. The second kappa shape index (κ2) is 41.4. The Morgan fingerprint density at radius 1 is 1.05 bits per heavy atom. The Labute approximate surface area is 408 Å². The molecule has 7 atom stereocenters. The third kappa shape index (κ3) is 27.8. The van der Waals surface area contributed by atoms with Gasteiger partial charge in [-0.05, 0) is 65.5 Å². The molecule has 0 amide bonds.